The van der Waals surface area contributed by atoms with Crippen LogP contribution in [0, 0.1) is 6.92 Å². The number of rotatable bonds is 5. The molecule has 0 amide bonds. The molecule has 0 aliphatic rings. The van der Waals surface area contributed by atoms with Crippen LogP contribution in [0.5, 0.6) is 0 Å². The number of pyridine rings is 1. The summed E-state index contributed by atoms with van der Waals surface area (Å²) in [5, 5.41) is 12.5. The zero-order valence-corrected chi connectivity index (χ0v) is 9.33. The summed E-state index contributed by atoms with van der Waals surface area (Å²) in [7, 11) is 0. The molecule has 4 nitrogen and oxygen atoms in total. The van der Waals surface area contributed by atoms with Crippen LogP contribution >= 0.6 is 0 Å². The van der Waals surface area contributed by atoms with E-state index in [2.05, 4.69) is 10.3 Å². The molecule has 4 heteroatoms. The molecule has 1 heterocycles. The zero-order valence-electron chi connectivity index (χ0n) is 9.33. The number of hydrogen-bond donors (Lipinski definition) is 3. The summed E-state index contributed by atoms with van der Waals surface area (Å²) in [5.74, 6) is 0.810. The van der Waals surface area contributed by atoms with Crippen LogP contribution in [0.4, 0.5) is 11.5 Å². The van der Waals surface area contributed by atoms with E-state index in [1.54, 1.807) is 0 Å². The fraction of sp³-hybridized carbons (Fsp3) is 0.545. The third-order valence-corrected chi connectivity index (χ3v) is 2.38. The first-order valence-corrected chi connectivity index (χ1v) is 5.28. The minimum atomic E-state index is -0.229. The lowest BCUT2D eigenvalue weighted by Gasteiger charge is -2.10. The Morgan fingerprint density at radius 1 is 1.53 bits per heavy atom. The van der Waals surface area contributed by atoms with E-state index in [1.807, 2.05) is 26.0 Å². The number of nitrogen functional groups attached to an aromatic ring is 1. The summed E-state index contributed by atoms with van der Waals surface area (Å²) in [5.41, 5.74) is 7.19. The number of aromatic nitrogens is 1. The minimum Gasteiger partial charge on any atom is -0.397 e. The van der Waals surface area contributed by atoms with Crippen LogP contribution in [-0.2, 0) is 0 Å². The number of anilines is 2. The van der Waals surface area contributed by atoms with Gasteiger partial charge in [0.2, 0.25) is 0 Å². The summed E-state index contributed by atoms with van der Waals surface area (Å²) in [6.45, 7) is 4.57. The number of nitrogens with two attached hydrogens (primary N) is 1. The molecule has 0 saturated carbocycles. The van der Waals surface area contributed by atoms with Crippen molar-refractivity contribution in [1.82, 2.24) is 4.98 Å². The summed E-state index contributed by atoms with van der Waals surface area (Å²) in [6.07, 6.45) is 1.30. The second kappa shape index (κ2) is 5.56. The molecule has 15 heavy (non-hydrogen) atoms. The molecule has 0 aromatic carbocycles. The average Bonchev–Trinajstić information content (AvgIpc) is 2.23. The highest BCUT2D eigenvalue weighted by atomic mass is 16.3. The topological polar surface area (TPSA) is 71.2 Å². The van der Waals surface area contributed by atoms with Gasteiger partial charge >= 0.3 is 0 Å². The Labute approximate surface area is 90.5 Å². The van der Waals surface area contributed by atoms with Gasteiger partial charge < -0.3 is 16.2 Å². The summed E-state index contributed by atoms with van der Waals surface area (Å²) < 4.78 is 0. The fourth-order valence-electron chi connectivity index (χ4n) is 1.24. The van der Waals surface area contributed by atoms with E-state index in [9.17, 15) is 5.11 Å². The Morgan fingerprint density at radius 2 is 2.27 bits per heavy atom. The SMILES string of the molecule is CCC(O)CCNc1ccc(N)c(C)n1. The molecule has 0 bridgehead atoms. The van der Waals surface area contributed by atoms with Crippen molar-refractivity contribution in [1.29, 1.82) is 0 Å². The molecule has 4 N–H and O–H groups in total. The molecule has 0 spiro atoms. The largest absolute Gasteiger partial charge is 0.397 e. The van der Waals surface area contributed by atoms with Gasteiger partial charge in [-0.1, -0.05) is 6.92 Å². The molecule has 1 aromatic heterocycles. The van der Waals surface area contributed by atoms with Crippen LogP contribution in [0.2, 0.25) is 0 Å². The predicted molar refractivity (Wildman–Crippen MR) is 62.8 cm³/mol. The van der Waals surface area contributed by atoms with Crippen molar-refractivity contribution in [3.8, 4) is 0 Å². The van der Waals surface area contributed by atoms with Crippen molar-refractivity contribution in [3.05, 3.63) is 17.8 Å². The van der Waals surface area contributed by atoms with Crippen molar-refractivity contribution in [2.75, 3.05) is 17.6 Å². The zero-order chi connectivity index (χ0) is 11.3. The number of aryl methyl sites for hydroxylation is 1. The molecule has 1 unspecified atom stereocenters. The van der Waals surface area contributed by atoms with Gasteiger partial charge in [-0.3, -0.25) is 0 Å². The van der Waals surface area contributed by atoms with Crippen molar-refractivity contribution in [3.63, 3.8) is 0 Å². The first-order valence-electron chi connectivity index (χ1n) is 5.28. The van der Waals surface area contributed by atoms with Gasteiger partial charge in [0.1, 0.15) is 5.82 Å². The molecule has 1 rings (SSSR count). The standard InChI is InChI=1S/C11H19N3O/c1-3-9(15)6-7-13-11-5-4-10(12)8(2)14-11/h4-5,9,15H,3,6-7,12H2,1-2H3,(H,13,14). The second-order valence-corrected chi connectivity index (χ2v) is 3.65. The summed E-state index contributed by atoms with van der Waals surface area (Å²) >= 11 is 0. The Morgan fingerprint density at radius 3 is 2.87 bits per heavy atom. The third-order valence-electron chi connectivity index (χ3n) is 2.38. The van der Waals surface area contributed by atoms with Gasteiger partial charge in [0.05, 0.1) is 17.5 Å². The van der Waals surface area contributed by atoms with Crippen molar-refractivity contribution in [2.24, 2.45) is 0 Å². The van der Waals surface area contributed by atoms with E-state index >= 15 is 0 Å². The number of hydrogen-bond acceptors (Lipinski definition) is 4. The van der Waals surface area contributed by atoms with Crippen LogP contribution in [0.1, 0.15) is 25.5 Å². The molecule has 0 aliphatic heterocycles. The third kappa shape index (κ3) is 3.75. The summed E-state index contributed by atoms with van der Waals surface area (Å²) in [6, 6.07) is 3.68. The van der Waals surface area contributed by atoms with Crippen LogP contribution in [0.25, 0.3) is 0 Å². The van der Waals surface area contributed by atoms with Gasteiger partial charge in [-0.15, -0.1) is 0 Å². The molecule has 0 aliphatic carbocycles. The highest BCUT2D eigenvalue weighted by Gasteiger charge is 2.01. The van der Waals surface area contributed by atoms with E-state index in [0.29, 0.717) is 5.69 Å². The van der Waals surface area contributed by atoms with Gasteiger partial charge in [0, 0.05) is 6.54 Å². The van der Waals surface area contributed by atoms with E-state index in [1.165, 1.54) is 0 Å². The van der Waals surface area contributed by atoms with Crippen LogP contribution in [0.15, 0.2) is 12.1 Å². The number of nitrogens with one attached hydrogen (secondary N) is 1. The maximum atomic E-state index is 9.35. The van der Waals surface area contributed by atoms with Gasteiger partial charge in [0.15, 0.2) is 0 Å². The van der Waals surface area contributed by atoms with E-state index in [4.69, 9.17) is 5.73 Å². The highest BCUT2D eigenvalue weighted by Crippen LogP contribution is 2.11. The lowest BCUT2D eigenvalue weighted by molar-refractivity contribution is 0.164. The first-order chi connectivity index (χ1) is 7.13. The van der Waals surface area contributed by atoms with Gasteiger partial charge in [-0.05, 0) is 31.9 Å². The maximum Gasteiger partial charge on any atom is 0.126 e. The lowest BCUT2D eigenvalue weighted by Crippen LogP contribution is -2.13. The van der Waals surface area contributed by atoms with E-state index in [0.717, 1.165) is 30.9 Å². The Bertz CT molecular complexity index is 315. The number of aliphatic hydroxyl groups excluding tert-OH is 1. The Balaban J connectivity index is 2.41. The number of nitrogens with zero attached hydrogens (tertiary/aromatic N) is 1. The smallest absolute Gasteiger partial charge is 0.126 e. The Kier molecular flexibility index (Phi) is 4.37. The molecule has 0 radical (unpaired) electrons. The normalized spacial score (nSPS) is 12.5. The average molecular weight is 209 g/mol. The van der Waals surface area contributed by atoms with Crippen LogP contribution < -0.4 is 11.1 Å². The summed E-state index contributed by atoms with van der Waals surface area (Å²) in [4.78, 5) is 4.28. The molecule has 0 fully saturated rings. The lowest BCUT2D eigenvalue weighted by atomic mass is 10.2. The quantitative estimate of drug-likeness (QED) is 0.688. The molecule has 1 atom stereocenters. The van der Waals surface area contributed by atoms with Crippen molar-refractivity contribution < 1.29 is 5.11 Å². The first kappa shape index (κ1) is 11.8. The monoisotopic (exact) mass is 209 g/mol. The highest BCUT2D eigenvalue weighted by molar-refractivity contribution is 5.48. The molecule has 0 saturated heterocycles. The Hall–Kier alpha value is -1.29. The number of aliphatic hydroxyl groups is 1. The van der Waals surface area contributed by atoms with E-state index < -0.39 is 0 Å². The maximum absolute atomic E-state index is 9.35. The second-order valence-electron chi connectivity index (χ2n) is 3.65. The van der Waals surface area contributed by atoms with Crippen molar-refractivity contribution >= 4 is 11.5 Å². The van der Waals surface area contributed by atoms with Gasteiger partial charge in [-0.2, -0.15) is 0 Å². The van der Waals surface area contributed by atoms with Crippen molar-refractivity contribution in [2.45, 2.75) is 32.8 Å². The van der Waals surface area contributed by atoms with Crippen LogP contribution in [-0.4, -0.2) is 22.7 Å². The molecular formula is C11H19N3O. The fourth-order valence-corrected chi connectivity index (χ4v) is 1.24. The van der Waals surface area contributed by atoms with E-state index in [-0.39, 0.29) is 6.10 Å². The van der Waals surface area contributed by atoms with Crippen LogP contribution in [0.3, 0.4) is 0 Å². The predicted octanol–water partition coefficient (Wildman–Crippen LogP) is 1.55. The molecular weight excluding hydrogens is 190 g/mol. The molecule has 1 aromatic rings. The van der Waals surface area contributed by atoms with Gasteiger partial charge in [-0.25, -0.2) is 4.98 Å². The molecule has 84 valence electrons. The minimum absolute atomic E-state index is 0.229. The van der Waals surface area contributed by atoms with Gasteiger partial charge in [0.25, 0.3) is 0 Å².